The molecule has 1 aliphatic rings. The Labute approximate surface area is 178 Å². The lowest BCUT2D eigenvalue weighted by Gasteiger charge is -2.18. The summed E-state index contributed by atoms with van der Waals surface area (Å²) in [6, 6.07) is 12.4. The number of rotatable bonds is 5. The minimum atomic E-state index is -0.126. The summed E-state index contributed by atoms with van der Waals surface area (Å²) in [6.07, 6.45) is 6.23. The lowest BCUT2D eigenvalue weighted by Crippen LogP contribution is -2.26. The molecule has 150 valence electrons. The van der Waals surface area contributed by atoms with Crippen molar-refractivity contribution in [3.8, 4) is 17.2 Å². The number of amides is 1. The lowest BCUT2D eigenvalue weighted by molar-refractivity contribution is 0.0953. The van der Waals surface area contributed by atoms with E-state index in [0.29, 0.717) is 18.1 Å². The maximum Gasteiger partial charge on any atom is 0.254 e. The van der Waals surface area contributed by atoms with Crippen molar-refractivity contribution in [2.45, 2.75) is 26.2 Å². The fourth-order valence-corrected chi connectivity index (χ4v) is 4.55. The molecule has 0 aliphatic heterocycles. The number of benzene rings is 1. The van der Waals surface area contributed by atoms with Crippen LogP contribution in [-0.2, 0) is 19.3 Å². The summed E-state index contributed by atoms with van der Waals surface area (Å²) in [4.78, 5) is 23.2. The van der Waals surface area contributed by atoms with Gasteiger partial charge in [-0.2, -0.15) is 5.10 Å². The largest absolute Gasteiger partial charge is 0.352 e. The highest BCUT2D eigenvalue weighted by molar-refractivity contribution is 7.09. The van der Waals surface area contributed by atoms with Gasteiger partial charge in [0.15, 0.2) is 0 Å². The number of aromatic nitrogens is 4. The zero-order valence-electron chi connectivity index (χ0n) is 16.6. The molecule has 1 N–H and O–H groups in total. The normalized spacial score (nSPS) is 12.3. The number of carbonyl (C=O) groups excluding carboxylic acids is 1. The SMILES string of the molecule is Cc1c(C(=O)NCCc2cccs2)cnn1-c1ncc2c(n1)-c1ccccc1CC2. The second-order valence-electron chi connectivity index (χ2n) is 7.34. The Balaban J connectivity index is 1.38. The number of nitrogens with zero attached hydrogens (tertiary/aromatic N) is 4. The van der Waals surface area contributed by atoms with E-state index in [0.717, 1.165) is 41.8 Å². The molecule has 4 aromatic rings. The first-order valence-electron chi connectivity index (χ1n) is 10.0. The molecule has 1 aromatic carbocycles. The maximum atomic E-state index is 12.6. The van der Waals surface area contributed by atoms with Crippen molar-refractivity contribution < 1.29 is 4.79 Å². The van der Waals surface area contributed by atoms with Crippen LogP contribution in [0.5, 0.6) is 0 Å². The second kappa shape index (κ2) is 7.84. The summed E-state index contributed by atoms with van der Waals surface area (Å²) in [5, 5.41) is 9.43. The Hall–Kier alpha value is -3.32. The van der Waals surface area contributed by atoms with E-state index in [1.165, 1.54) is 10.4 Å². The predicted molar refractivity (Wildman–Crippen MR) is 117 cm³/mol. The van der Waals surface area contributed by atoms with Crippen LogP contribution in [0.3, 0.4) is 0 Å². The monoisotopic (exact) mass is 415 g/mol. The maximum absolute atomic E-state index is 12.6. The van der Waals surface area contributed by atoms with Crippen LogP contribution in [0.1, 0.15) is 32.1 Å². The van der Waals surface area contributed by atoms with Gasteiger partial charge >= 0.3 is 0 Å². The van der Waals surface area contributed by atoms with E-state index in [4.69, 9.17) is 4.98 Å². The molecule has 3 heterocycles. The third kappa shape index (κ3) is 3.41. The van der Waals surface area contributed by atoms with Gasteiger partial charge in [0.25, 0.3) is 11.9 Å². The van der Waals surface area contributed by atoms with E-state index in [2.05, 4.69) is 39.7 Å². The van der Waals surface area contributed by atoms with Crippen molar-refractivity contribution in [2.75, 3.05) is 6.54 Å². The molecule has 0 spiro atoms. The summed E-state index contributed by atoms with van der Waals surface area (Å²) in [6.45, 7) is 2.47. The molecule has 0 unspecified atom stereocenters. The molecule has 0 bridgehead atoms. The van der Waals surface area contributed by atoms with Gasteiger partial charge in [-0.1, -0.05) is 30.3 Å². The van der Waals surface area contributed by atoms with Crippen LogP contribution in [-0.4, -0.2) is 32.2 Å². The van der Waals surface area contributed by atoms with E-state index in [9.17, 15) is 4.79 Å². The predicted octanol–water partition coefficient (Wildman–Crippen LogP) is 3.77. The lowest BCUT2D eigenvalue weighted by atomic mass is 9.90. The van der Waals surface area contributed by atoms with Crippen LogP contribution in [0.25, 0.3) is 17.2 Å². The first kappa shape index (κ1) is 18.7. The van der Waals surface area contributed by atoms with Crippen molar-refractivity contribution in [3.05, 3.63) is 81.4 Å². The molecule has 1 aliphatic carbocycles. The molecule has 3 aromatic heterocycles. The molecule has 1 amide bonds. The number of aryl methyl sites for hydroxylation is 2. The third-order valence-electron chi connectivity index (χ3n) is 5.47. The Morgan fingerprint density at radius 3 is 2.87 bits per heavy atom. The first-order chi connectivity index (χ1) is 14.7. The number of thiophene rings is 1. The molecule has 0 radical (unpaired) electrons. The van der Waals surface area contributed by atoms with E-state index >= 15 is 0 Å². The van der Waals surface area contributed by atoms with E-state index < -0.39 is 0 Å². The zero-order valence-corrected chi connectivity index (χ0v) is 17.4. The molecular formula is C23H21N5OS. The van der Waals surface area contributed by atoms with E-state index in [1.807, 2.05) is 30.6 Å². The smallest absolute Gasteiger partial charge is 0.254 e. The number of hydrogen-bond acceptors (Lipinski definition) is 5. The summed E-state index contributed by atoms with van der Waals surface area (Å²) >= 11 is 1.70. The summed E-state index contributed by atoms with van der Waals surface area (Å²) in [7, 11) is 0. The average Bonchev–Trinajstić information content (AvgIpc) is 3.43. The third-order valence-corrected chi connectivity index (χ3v) is 6.41. The summed E-state index contributed by atoms with van der Waals surface area (Å²) in [5.41, 5.74) is 5.83. The van der Waals surface area contributed by atoms with Gasteiger partial charge in [0, 0.05) is 23.2 Å². The van der Waals surface area contributed by atoms with Gasteiger partial charge in [0.1, 0.15) is 0 Å². The highest BCUT2D eigenvalue weighted by Crippen LogP contribution is 2.31. The molecular weight excluding hydrogens is 394 g/mol. The summed E-state index contributed by atoms with van der Waals surface area (Å²) in [5.74, 6) is 0.360. The first-order valence-corrected chi connectivity index (χ1v) is 10.9. The van der Waals surface area contributed by atoms with Crippen LogP contribution < -0.4 is 5.32 Å². The van der Waals surface area contributed by atoms with Crippen molar-refractivity contribution in [3.63, 3.8) is 0 Å². The Morgan fingerprint density at radius 2 is 2.00 bits per heavy atom. The number of hydrogen-bond donors (Lipinski definition) is 1. The van der Waals surface area contributed by atoms with Crippen molar-refractivity contribution in [2.24, 2.45) is 0 Å². The molecule has 6 nitrogen and oxygen atoms in total. The minimum absolute atomic E-state index is 0.126. The van der Waals surface area contributed by atoms with Gasteiger partial charge < -0.3 is 5.32 Å². The van der Waals surface area contributed by atoms with E-state index in [1.54, 1.807) is 22.2 Å². The highest BCUT2D eigenvalue weighted by Gasteiger charge is 2.21. The van der Waals surface area contributed by atoms with Gasteiger partial charge in [0.05, 0.1) is 23.1 Å². The number of nitrogens with one attached hydrogen (secondary N) is 1. The van der Waals surface area contributed by atoms with Crippen LogP contribution in [0.2, 0.25) is 0 Å². The zero-order chi connectivity index (χ0) is 20.5. The quantitative estimate of drug-likeness (QED) is 0.539. The fraction of sp³-hybridized carbons (Fsp3) is 0.217. The summed E-state index contributed by atoms with van der Waals surface area (Å²) < 4.78 is 1.64. The van der Waals surface area contributed by atoms with Gasteiger partial charge in [-0.25, -0.2) is 14.6 Å². The molecule has 0 atom stereocenters. The Bertz CT molecular complexity index is 1210. The van der Waals surface area contributed by atoms with Crippen molar-refractivity contribution in [1.82, 2.24) is 25.1 Å². The Kier molecular flexibility index (Phi) is 4.88. The highest BCUT2D eigenvalue weighted by atomic mass is 32.1. The van der Waals surface area contributed by atoms with Crippen LogP contribution >= 0.6 is 11.3 Å². The topological polar surface area (TPSA) is 72.7 Å². The van der Waals surface area contributed by atoms with Crippen LogP contribution in [0.4, 0.5) is 0 Å². The molecule has 0 saturated heterocycles. The molecule has 5 rings (SSSR count). The van der Waals surface area contributed by atoms with Gasteiger partial charge in [-0.05, 0) is 48.8 Å². The molecule has 30 heavy (non-hydrogen) atoms. The molecule has 7 heteroatoms. The second-order valence-corrected chi connectivity index (χ2v) is 8.37. The molecule has 0 saturated carbocycles. The number of carbonyl (C=O) groups is 1. The van der Waals surface area contributed by atoms with Gasteiger partial charge in [-0.15, -0.1) is 11.3 Å². The Morgan fingerprint density at radius 1 is 1.13 bits per heavy atom. The van der Waals surface area contributed by atoms with Crippen molar-refractivity contribution in [1.29, 1.82) is 0 Å². The van der Waals surface area contributed by atoms with Gasteiger partial charge in [0.2, 0.25) is 0 Å². The average molecular weight is 416 g/mol. The fourth-order valence-electron chi connectivity index (χ4n) is 3.84. The standard InChI is InChI=1S/C23H21N5OS/c1-15-20(22(29)24-11-10-18-6-4-12-30-18)14-26-28(15)23-25-13-17-9-8-16-5-2-3-7-19(16)21(17)27-23/h2-7,12-14H,8-11H2,1H3,(H,24,29). The van der Waals surface area contributed by atoms with Crippen LogP contribution in [0, 0.1) is 6.92 Å². The van der Waals surface area contributed by atoms with Crippen molar-refractivity contribution >= 4 is 17.2 Å². The minimum Gasteiger partial charge on any atom is -0.352 e. The van der Waals surface area contributed by atoms with Gasteiger partial charge in [-0.3, -0.25) is 4.79 Å². The van der Waals surface area contributed by atoms with Crippen LogP contribution in [0.15, 0.2) is 54.2 Å². The number of fused-ring (bicyclic) bond motifs is 3. The van der Waals surface area contributed by atoms with E-state index in [-0.39, 0.29) is 5.91 Å². The molecule has 0 fully saturated rings.